The zero-order valence-corrected chi connectivity index (χ0v) is 14.5. The fourth-order valence-corrected chi connectivity index (χ4v) is 1.87. The summed E-state index contributed by atoms with van der Waals surface area (Å²) >= 11 is 0. The van der Waals surface area contributed by atoms with Crippen LogP contribution in [0.25, 0.3) is 0 Å². The first-order chi connectivity index (χ1) is 11.7. The molecule has 0 spiro atoms. The van der Waals surface area contributed by atoms with Crippen molar-refractivity contribution in [3.63, 3.8) is 0 Å². The monoisotopic (exact) mass is 326 g/mol. The van der Waals surface area contributed by atoms with Crippen LogP contribution in [0, 0.1) is 0 Å². The van der Waals surface area contributed by atoms with Crippen molar-refractivity contribution in [3.05, 3.63) is 84.0 Å². The maximum atomic E-state index is 10.9. The van der Waals surface area contributed by atoms with E-state index in [4.69, 9.17) is 4.74 Å². The van der Waals surface area contributed by atoms with Crippen molar-refractivity contribution in [2.24, 2.45) is 0 Å². The van der Waals surface area contributed by atoms with Gasteiger partial charge in [0.15, 0.2) is 0 Å². The van der Waals surface area contributed by atoms with Crippen molar-refractivity contribution in [3.8, 4) is 0 Å². The molecule has 0 saturated heterocycles. The highest BCUT2D eigenvalue weighted by atomic mass is 16.5. The van der Waals surface area contributed by atoms with Gasteiger partial charge in [0.2, 0.25) is 0 Å². The van der Waals surface area contributed by atoms with Crippen LogP contribution in [0.1, 0.15) is 25.3 Å². The predicted octanol–water partition coefficient (Wildman–Crippen LogP) is 4.77. The van der Waals surface area contributed by atoms with E-state index in [2.05, 4.69) is 29.0 Å². The van der Waals surface area contributed by atoms with Crippen LogP contribution in [-0.2, 0) is 20.9 Å². The van der Waals surface area contributed by atoms with Gasteiger partial charge in [0.1, 0.15) is 0 Å². The summed E-state index contributed by atoms with van der Waals surface area (Å²) in [4.78, 5) is 10.9. The summed E-state index contributed by atoms with van der Waals surface area (Å²) < 4.78 is 10.1. The van der Waals surface area contributed by atoms with Gasteiger partial charge >= 0.3 is 5.97 Å². The van der Waals surface area contributed by atoms with Gasteiger partial charge in [0.25, 0.3) is 0 Å². The average Bonchev–Trinajstić information content (AvgIpc) is 2.61. The molecule has 0 atom stereocenters. The van der Waals surface area contributed by atoms with Crippen LogP contribution in [0.2, 0.25) is 0 Å². The molecule has 0 amide bonds. The molecule has 0 radical (unpaired) electrons. The fourth-order valence-electron chi connectivity index (χ4n) is 1.87. The number of ether oxygens (including phenoxy) is 2. The number of carbonyl (C=O) groups excluding carboxylic acids is 1. The number of allylic oxidation sites excluding steroid dienone is 7. The van der Waals surface area contributed by atoms with Gasteiger partial charge in [-0.1, -0.05) is 72.4 Å². The molecule has 0 aliphatic carbocycles. The summed E-state index contributed by atoms with van der Waals surface area (Å²) in [7, 11) is 1.36. The van der Waals surface area contributed by atoms with E-state index >= 15 is 0 Å². The Bertz CT molecular complexity index is 580. The molecule has 0 unspecified atom stereocenters. The molecule has 24 heavy (non-hydrogen) atoms. The maximum Gasteiger partial charge on any atom is 0.330 e. The molecule has 1 aromatic rings. The third kappa shape index (κ3) is 10.4. The highest BCUT2D eigenvalue weighted by molar-refractivity contribution is 5.82. The van der Waals surface area contributed by atoms with E-state index in [0.717, 1.165) is 25.0 Å². The highest BCUT2D eigenvalue weighted by Gasteiger charge is 1.91. The van der Waals surface area contributed by atoms with Crippen LogP contribution in [0.4, 0.5) is 0 Å². The van der Waals surface area contributed by atoms with Crippen molar-refractivity contribution < 1.29 is 14.3 Å². The van der Waals surface area contributed by atoms with Crippen molar-refractivity contribution in [2.75, 3.05) is 13.7 Å². The summed E-state index contributed by atoms with van der Waals surface area (Å²) in [5, 5.41) is 0. The molecule has 0 aliphatic heterocycles. The van der Waals surface area contributed by atoms with E-state index < -0.39 is 0 Å². The lowest BCUT2D eigenvalue weighted by molar-refractivity contribution is -0.134. The molecule has 3 heteroatoms. The average molecular weight is 326 g/mol. The van der Waals surface area contributed by atoms with Gasteiger partial charge < -0.3 is 9.47 Å². The van der Waals surface area contributed by atoms with Crippen LogP contribution in [-0.4, -0.2) is 19.7 Å². The van der Waals surface area contributed by atoms with E-state index in [-0.39, 0.29) is 5.97 Å². The molecule has 0 aromatic heterocycles. The summed E-state index contributed by atoms with van der Waals surface area (Å²) in [6, 6.07) is 10.2. The number of benzene rings is 1. The minimum atomic E-state index is -0.352. The Morgan fingerprint density at radius 1 is 1.08 bits per heavy atom. The molecule has 0 N–H and O–H groups in total. The lowest BCUT2D eigenvalue weighted by Crippen LogP contribution is -1.94. The SMILES string of the molecule is COC(=O)\C=C/C=C/C=C(C)/C=C/CCCOCc1ccccc1. The molecule has 0 aliphatic rings. The second-order valence-corrected chi connectivity index (χ2v) is 5.26. The van der Waals surface area contributed by atoms with Gasteiger partial charge in [-0.15, -0.1) is 0 Å². The van der Waals surface area contributed by atoms with E-state index in [9.17, 15) is 4.79 Å². The Balaban J connectivity index is 2.12. The Labute approximate surface area is 145 Å². The van der Waals surface area contributed by atoms with Gasteiger partial charge in [-0.05, 0) is 25.3 Å². The molecule has 0 fully saturated rings. The standard InChI is InChI=1S/C21H26O3/c1-19(12-6-3-10-16-21(22)23-2)13-7-5-11-17-24-18-20-14-8-4-9-15-20/h3-4,6-10,12-16H,5,11,17-18H2,1-2H3/b6-3+,13-7+,16-10-,19-12+. The predicted molar refractivity (Wildman–Crippen MR) is 98.5 cm³/mol. The molecule has 0 heterocycles. The topological polar surface area (TPSA) is 35.5 Å². The molecule has 3 nitrogen and oxygen atoms in total. The zero-order chi connectivity index (χ0) is 17.5. The van der Waals surface area contributed by atoms with E-state index in [1.807, 2.05) is 37.3 Å². The number of esters is 1. The number of hydrogen-bond acceptors (Lipinski definition) is 3. The Kier molecular flexibility index (Phi) is 10.7. The van der Waals surface area contributed by atoms with Crippen LogP contribution < -0.4 is 0 Å². The van der Waals surface area contributed by atoms with Gasteiger partial charge in [-0.2, -0.15) is 0 Å². The minimum absolute atomic E-state index is 0.352. The van der Waals surface area contributed by atoms with Crippen LogP contribution in [0.5, 0.6) is 0 Å². The van der Waals surface area contributed by atoms with Crippen molar-refractivity contribution in [1.29, 1.82) is 0 Å². The van der Waals surface area contributed by atoms with Crippen molar-refractivity contribution in [2.45, 2.75) is 26.4 Å². The van der Waals surface area contributed by atoms with Gasteiger partial charge in [0.05, 0.1) is 13.7 Å². The normalized spacial score (nSPS) is 12.5. The lowest BCUT2D eigenvalue weighted by Gasteiger charge is -2.02. The number of unbranched alkanes of at least 4 members (excludes halogenated alkanes) is 1. The Morgan fingerprint density at radius 2 is 1.88 bits per heavy atom. The second kappa shape index (κ2) is 13.1. The van der Waals surface area contributed by atoms with Crippen molar-refractivity contribution in [1.82, 2.24) is 0 Å². The van der Waals surface area contributed by atoms with E-state index in [1.54, 1.807) is 12.2 Å². The molecular weight excluding hydrogens is 300 g/mol. The summed E-state index contributed by atoms with van der Waals surface area (Å²) in [5.41, 5.74) is 2.36. The van der Waals surface area contributed by atoms with Crippen molar-refractivity contribution >= 4 is 5.97 Å². The van der Waals surface area contributed by atoms with Gasteiger partial charge in [-0.3, -0.25) is 0 Å². The first-order valence-corrected chi connectivity index (χ1v) is 8.10. The smallest absolute Gasteiger partial charge is 0.330 e. The molecule has 1 rings (SSSR count). The number of methoxy groups -OCH3 is 1. The number of carbonyl (C=O) groups is 1. The Hall–Kier alpha value is -2.39. The van der Waals surface area contributed by atoms with E-state index in [1.165, 1.54) is 18.7 Å². The largest absolute Gasteiger partial charge is 0.466 e. The minimum Gasteiger partial charge on any atom is -0.466 e. The maximum absolute atomic E-state index is 10.9. The summed E-state index contributed by atoms with van der Waals surface area (Å²) in [5.74, 6) is -0.352. The molecule has 0 bridgehead atoms. The number of rotatable bonds is 10. The molecule has 128 valence electrons. The van der Waals surface area contributed by atoms with Gasteiger partial charge in [0, 0.05) is 12.7 Å². The quantitative estimate of drug-likeness (QED) is 0.269. The molecular formula is C21H26O3. The Morgan fingerprint density at radius 3 is 2.62 bits per heavy atom. The molecule has 1 aromatic carbocycles. The summed E-state index contributed by atoms with van der Waals surface area (Å²) in [6.07, 6.45) is 15.0. The first kappa shape index (κ1) is 19.7. The van der Waals surface area contributed by atoms with Gasteiger partial charge in [-0.25, -0.2) is 4.79 Å². The highest BCUT2D eigenvalue weighted by Crippen LogP contribution is 2.03. The molecule has 0 saturated carbocycles. The van der Waals surface area contributed by atoms with E-state index in [0.29, 0.717) is 6.61 Å². The fraction of sp³-hybridized carbons (Fsp3) is 0.286. The lowest BCUT2D eigenvalue weighted by atomic mass is 10.2. The van der Waals surface area contributed by atoms with Crippen LogP contribution >= 0.6 is 0 Å². The third-order valence-electron chi connectivity index (χ3n) is 3.17. The third-order valence-corrected chi connectivity index (χ3v) is 3.17. The number of hydrogen-bond donors (Lipinski definition) is 0. The zero-order valence-electron chi connectivity index (χ0n) is 14.5. The van der Waals surface area contributed by atoms with Crippen LogP contribution in [0.15, 0.2) is 78.4 Å². The first-order valence-electron chi connectivity index (χ1n) is 8.10. The summed E-state index contributed by atoms with van der Waals surface area (Å²) in [6.45, 7) is 3.48. The van der Waals surface area contributed by atoms with Crippen LogP contribution in [0.3, 0.4) is 0 Å². The second-order valence-electron chi connectivity index (χ2n) is 5.26.